The Kier molecular flexibility index (Phi) is 2.34. The van der Waals surface area contributed by atoms with Gasteiger partial charge in [0.2, 0.25) is 0 Å². The second-order valence-electron chi connectivity index (χ2n) is 3.92. The zero-order chi connectivity index (χ0) is 11.8. The molecular weight excluding hydrogens is 234 g/mol. The lowest BCUT2D eigenvalue weighted by Gasteiger charge is -2.04. The number of hydrogen-bond donors (Lipinski definition) is 0. The third kappa shape index (κ3) is 1.68. The van der Waals surface area contributed by atoms with Crippen LogP contribution in [0, 0.1) is 6.92 Å². The molecule has 0 radical (unpaired) electrons. The molecule has 4 heteroatoms. The maximum Gasteiger partial charge on any atom is 0.149 e. The molecule has 0 N–H and O–H groups in total. The molecular formula is C13H10ClN3. The molecule has 2 heterocycles. The van der Waals surface area contributed by atoms with Crippen LogP contribution < -0.4 is 0 Å². The van der Waals surface area contributed by atoms with Crippen molar-refractivity contribution in [2.75, 3.05) is 0 Å². The number of rotatable bonds is 1. The lowest BCUT2D eigenvalue weighted by Crippen LogP contribution is -1.94. The van der Waals surface area contributed by atoms with Crippen molar-refractivity contribution in [3.63, 3.8) is 0 Å². The molecule has 1 aromatic carbocycles. The van der Waals surface area contributed by atoms with E-state index in [1.807, 2.05) is 16.8 Å². The minimum absolute atomic E-state index is 0.487. The van der Waals surface area contributed by atoms with Crippen molar-refractivity contribution in [1.29, 1.82) is 0 Å². The van der Waals surface area contributed by atoms with Crippen LogP contribution >= 0.6 is 11.6 Å². The van der Waals surface area contributed by atoms with Gasteiger partial charge >= 0.3 is 0 Å². The normalized spacial score (nSPS) is 10.9. The van der Waals surface area contributed by atoms with Gasteiger partial charge in [-0.2, -0.15) is 0 Å². The van der Waals surface area contributed by atoms with E-state index < -0.39 is 0 Å². The van der Waals surface area contributed by atoms with Crippen molar-refractivity contribution in [3.05, 3.63) is 53.6 Å². The molecule has 0 aliphatic carbocycles. The highest BCUT2D eigenvalue weighted by molar-refractivity contribution is 6.33. The number of aromatic nitrogens is 3. The summed E-state index contributed by atoms with van der Waals surface area (Å²) < 4.78 is 2.00. The predicted molar refractivity (Wildman–Crippen MR) is 68.6 cm³/mol. The Labute approximate surface area is 104 Å². The van der Waals surface area contributed by atoms with Gasteiger partial charge in [-0.05, 0) is 25.1 Å². The summed E-state index contributed by atoms with van der Waals surface area (Å²) in [6, 6.07) is 10.2. The number of nitrogens with zero attached hydrogens (tertiary/aromatic N) is 3. The van der Waals surface area contributed by atoms with Gasteiger partial charge in [-0.25, -0.2) is 9.97 Å². The summed E-state index contributed by atoms with van der Waals surface area (Å²) in [5.74, 6) is 0. The summed E-state index contributed by atoms with van der Waals surface area (Å²) in [5.41, 5.74) is 3.13. The first-order valence-electron chi connectivity index (χ1n) is 5.30. The van der Waals surface area contributed by atoms with Gasteiger partial charge < -0.3 is 4.57 Å². The van der Waals surface area contributed by atoms with E-state index in [0.717, 1.165) is 16.7 Å². The molecule has 0 spiro atoms. The highest BCUT2D eigenvalue weighted by Gasteiger charge is 2.07. The first-order valence-corrected chi connectivity index (χ1v) is 5.68. The van der Waals surface area contributed by atoms with Crippen molar-refractivity contribution in [2.24, 2.45) is 0 Å². The summed E-state index contributed by atoms with van der Waals surface area (Å²) in [4.78, 5) is 8.24. The second kappa shape index (κ2) is 3.86. The van der Waals surface area contributed by atoms with Crippen LogP contribution in [-0.4, -0.2) is 14.5 Å². The van der Waals surface area contributed by atoms with Crippen molar-refractivity contribution in [1.82, 2.24) is 14.5 Å². The Morgan fingerprint density at radius 1 is 1.06 bits per heavy atom. The van der Waals surface area contributed by atoms with E-state index in [1.54, 1.807) is 0 Å². The highest BCUT2D eigenvalue weighted by atomic mass is 35.5. The summed E-state index contributed by atoms with van der Waals surface area (Å²) in [7, 11) is 0. The van der Waals surface area contributed by atoms with E-state index in [4.69, 9.17) is 11.6 Å². The molecule has 0 saturated carbocycles. The van der Waals surface area contributed by atoms with E-state index in [0.29, 0.717) is 5.15 Å². The second-order valence-corrected chi connectivity index (χ2v) is 4.28. The first kappa shape index (κ1) is 10.3. The van der Waals surface area contributed by atoms with Gasteiger partial charge in [-0.15, -0.1) is 0 Å². The predicted octanol–water partition coefficient (Wildman–Crippen LogP) is 3.38. The van der Waals surface area contributed by atoms with E-state index in [2.05, 4.69) is 41.2 Å². The highest BCUT2D eigenvalue weighted by Crippen LogP contribution is 2.23. The van der Waals surface area contributed by atoms with Gasteiger partial charge in [0, 0.05) is 11.9 Å². The average Bonchev–Trinajstić information content (AvgIpc) is 2.75. The number of aryl methyl sites for hydroxylation is 1. The van der Waals surface area contributed by atoms with Crippen LogP contribution in [0.4, 0.5) is 0 Å². The summed E-state index contributed by atoms with van der Waals surface area (Å²) in [6.45, 7) is 2.07. The average molecular weight is 244 g/mol. The molecule has 0 saturated heterocycles. The van der Waals surface area contributed by atoms with Crippen molar-refractivity contribution < 1.29 is 0 Å². The third-order valence-electron chi connectivity index (χ3n) is 2.74. The van der Waals surface area contributed by atoms with Crippen molar-refractivity contribution in [2.45, 2.75) is 6.92 Å². The molecule has 84 valence electrons. The van der Waals surface area contributed by atoms with Crippen LogP contribution in [0.15, 0.2) is 42.9 Å². The smallest absolute Gasteiger partial charge is 0.149 e. The van der Waals surface area contributed by atoms with Crippen LogP contribution in [-0.2, 0) is 0 Å². The lowest BCUT2D eigenvalue weighted by molar-refractivity contribution is 1.07. The monoisotopic (exact) mass is 243 g/mol. The van der Waals surface area contributed by atoms with E-state index in [9.17, 15) is 0 Å². The van der Waals surface area contributed by atoms with Crippen LogP contribution in [0.25, 0.3) is 16.7 Å². The number of halogens is 1. The topological polar surface area (TPSA) is 30.7 Å². The van der Waals surface area contributed by atoms with Gasteiger partial charge in [-0.3, -0.25) is 0 Å². The first-order chi connectivity index (χ1) is 8.25. The third-order valence-corrected chi connectivity index (χ3v) is 3.05. The van der Waals surface area contributed by atoms with Crippen molar-refractivity contribution in [3.8, 4) is 5.69 Å². The molecule has 2 aromatic heterocycles. The Balaban J connectivity index is 2.24. The molecule has 0 unspecified atom stereocenters. The Morgan fingerprint density at radius 2 is 1.82 bits per heavy atom. The minimum Gasteiger partial charge on any atom is -0.301 e. The van der Waals surface area contributed by atoms with E-state index >= 15 is 0 Å². The maximum absolute atomic E-state index is 6.02. The zero-order valence-corrected chi connectivity index (χ0v) is 10.0. The Hall–Kier alpha value is -1.87. The van der Waals surface area contributed by atoms with Gasteiger partial charge in [0.1, 0.15) is 17.1 Å². The number of hydrogen-bond acceptors (Lipinski definition) is 2. The minimum atomic E-state index is 0.487. The van der Waals surface area contributed by atoms with Crippen LogP contribution in [0.5, 0.6) is 0 Å². The van der Waals surface area contributed by atoms with Gasteiger partial charge in [0.15, 0.2) is 0 Å². The van der Waals surface area contributed by atoms with E-state index in [-0.39, 0.29) is 0 Å². The molecule has 3 rings (SSSR count). The molecule has 0 aliphatic rings. The lowest BCUT2D eigenvalue weighted by atomic mass is 10.2. The molecule has 3 aromatic rings. The molecule has 3 nitrogen and oxygen atoms in total. The maximum atomic E-state index is 6.02. The fourth-order valence-electron chi connectivity index (χ4n) is 1.83. The standard InChI is InChI=1S/C13H10ClN3/c1-9-2-4-10(5-3-9)17-7-6-11-12(14)15-8-16-13(11)17/h2-8H,1H3. The SMILES string of the molecule is Cc1ccc(-n2ccc3c(Cl)ncnc32)cc1. The zero-order valence-electron chi connectivity index (χ0n) is 9.26. The largest absolute Gasteiger partial charge is 0.301 e. The van der Waals surface area contributed by atoms with Crippen LogP contribution in [0.3, 0.4) is 0 Å². The fourth-order valence-corrected chi connectivity index (χ4v) is 2.03. The van der Waals surface area contributed by atoms with Crippen LogP contribution in [0.2, 0.25) is 5.15 Å². The van der Waals surface area contributed by atoms with Crippen molar-refractivity contribution >= 4 is 22.6 Å². The summed E-state index contributed by atoms with van der Waals surface area (Å²) in [6.07, 6.45) is 3.44. The number of fused-ring (bicyclic) bond motifs is 1. The molecule has 0 amide bonds. The van der Waals surface area contributed by atoms with Gasteiger partial charge in [-0.1, -0.05) is 29.3 Å². The molecule has 17 heavy (non-hydrogen) atoms. The Morgan fingerprint density at radius 3 is 2.59 bits per heavy atom. The molecule has 0 atom stereocenters. The van der Waals surface area contributed by atoms with Gasteiger partial charge in [0.25, 0.3) is 0 Å². The van der Waals surface area contributed by atoms with E-state index in [1.165, 1.54) is 11.9 Å². The molecule has 0 fully saturated rings. The molecule has 0 aliphatic heterocycles. The fraction of sp³-hybridized carbons (Fsp3) is 0.0769. The Bertz CT molecular complexity index is 671. The number of benzene rings is 1. The van der Waals surface area contributed by atoms with Gasteiger partial charge in [0.05, 0.1) is 5.39 Å². The quantitative estimate of drug-likeness (QED) is 0.614. The summed E-state index contributed by atoms with van der Waals surface area (Å²) in [5, 5.41) is 1.36. The van der Waals surface area contributed by atoms with Crippen LogP contribution in [0.1, 0.15) is 5.56 Å². The molecule has 0 bridgehead atoms. The summed E-state index contributed by atoms with van der Waals surface area (Å²) >= 11 is 6.02.